The topological polar surface area (TPSA) is 45.9 Å². The maximum atomic E-state index is 11.3. The summed E-state index contributed by atoms with van der Waals surface area (Å²) < 4.78 is 10.5. The number of ether oxygens (including phenoxy) is 1. The Bertz CT molecular complexity index is 959. The molecule has 1 aliphatic rings. The quantitative estimate of drug-likeness (QED) is 0.677. The van der Waals surface area contributed by atoms with Crippen molar-refractivity contribution in [3.05, 3.63) is 70.6 Å². The molecule has 4 rings (SSSR count). The van der Waals surface area contributed by atoms with Crippen LogP contribution in [0.15, 0.2) is 63.8 Å². The van der Waals surface area contributed by atoms with Crippen molar-refractivity contribution < 1.29 is 9.15 Å². The third-order valence-corrected chi connectivity index (χ3v) is 4.88. The molecular formula is C21H22N2O3. The Morgan fingerprint density at radius 3 is 2.65 bits per heavy atom. The third kappa shape index (κ3) is 3.58. The van der Waals surface area contributed by atoms with E-state index in [1.54, 1.807) is 7.11 Å². The predicted molar refractivity (Wildman–Crippen MR) is 103 cm³/mol. The van der Waals surface area contributed by atoms with Gasteiger partial charge in [0.25, 0.3) is 0 Å². The molecule has 1 aromatic heterocycles. The first-order valence-corrected chi connectivity index (χ1v) is 8.85. The Balaban J connectivity index is 1.40. The van der Waals surface area contributed by atoms with Crippen molar-refractivity contribution in [3.8, 4) is 5.75 Å². The molecule has 1 fully saturated rings. The van der Waals surface area contributed by atoms with Crippen LogP contribution in [0.5, 0.6) is 5.75 Å². The molecule has 0 aliphatic carbocycles. The summed E-state index contributed by atoms with van der Waals surface area (Å²) in [6.45, 7) is 4.92. The first-order chi connectivity index (χ1) is 12.7. The number of rotatable bonds is 4. The molecule has 3 aromatic rings. The summed E-state index contributed by atoms with van der Waals surface area (Å²) in [6.07, 6.45) is 0. The summed E-state index contributed by atoms with van der Waals surface area (Å²) in [4.78, 5) is 16.1. The van der Waals surface area contributed by atoms with E-state index in [2.05, 4.69) is 28.0 Å². The van der Waals surface area contributed by atoms with Crippen molar-refractivity contribution in [1.29, 1.82) is 0 Å². The Morgan fingerprint density at radius 2 is 1.85 bits per heavy atom. The van der Waals surface area contributed by atoms with Crippen LogP contribution in [-0.4, -0.2) is 38.2 Å². The molecule has 0 N–H and O–H groups in total. The largest absolute Gasteiger partial charge is 0.497 e. The number of benzene rings is 2. The molecule has 0 amide bonds. The third-order valence-electron chi connectivity index (χ3n) is 4.88. The number of fused-ring (bicyclic) bond motifs is 1. The van der Waals surface area contributed by atoms with Crippen LogP contribution in [0.2, 0.25) is 0 Å². The maximum absolute atomic E-state index is 11.3. The highest BCUT2D eigenvalue weighted by Gasteiger charge is 2.17. The van der Waals surface area contributed by atoms with E-state index in [0.29, 0.717) is 5.58 Å². The zero-order valence-corrected chi connectivity index (χ0v) is 14.9. The van der Waals surface area contributed by atoms with Crippen LogP contribution in [0.3, 0.4) is 0 Å². The second kappa shape index (κ2) is 7.22. The molecule has 2 heterocycles. The molecule has 5 nitrogen and oxygen atoms in total. The van der Waals surface area contributed by atoms with Crippen molar-refractivity contribution in [2.45, 2.75) is 6.54 Å². The van der Waals surface area contributed by atoms with Gasteiger partial charge < -0.3 is 14.1 Å². The Morgan fingerprint density at radius 1 is 1.00 bits per heavy atom. The van der Waals surface area contributed by atoms with Gasteiger partial charge in [-0.25, -0.2) is 4.79 Å². The lowest BCUT2D eigenvalue weighted by Gasteiger charge is -2.36. The SMILES string of the molecule is COc1cccc(N2CCN(Cc3ccc4oc(=O)ccc4c3)CC2)c1. The fraction of sp³-hybridized carbons (Fsp3) is 0.286. The van der Waals surface area contributed by atoms with Gasteiger partial charge in [0, 0.05) is 55.9 Å². The van der Waals surface area contributed by atoms with Gasteiger partial charge in [-0.2, -0.15) is 0 Å². The highest BCUT2D eigenvalue weighted by Crippen LogP contribution is 2.23. The Labute approximate surface area is 152 Å². The Hall–Kier alpha value is -2.79. The van der Waals surface area contributed by atoms with Crippen LogP contribution in [0.1, 0.15) is 5.56 Å². The molecule has 0 saturated carbocycles. The molecular weight excluding hydrogens is 328 g/mol. The van der Waals surface area contributed by atoms with E-state index in [4.69, 9.17) is 9.15 Å². The maximum Gasteiger partial charge on any atom is 0.336 e. The normalized spacial score (nSPS) is 15.3. The predicted octanol–water partition coefficient (Wildman–Crippen LogP) is 3.12. The molecule has 0 spiro atoms. The van der Waals surface area contributed by atoms with Gasteiger partial charge in [0.1, 0.15) is 11.3 Å². The lowest BCUT2D eigenvalue weighted by atomic mass is 10.1. The molecule has 2 aromatic carbocycles. The van der Waals surface area contributed by atoms with Crippen molar-refractivity contribution >= 4 is 16.7 Å². The molecule has 134 valence electrons. The van der Waals surface area contributed by atoms with Crippen LogP contribution >= 0.6 is 0 Å². The zero-order valence-electron chi connectivity index (χ0n) is 14.9. The van der Waals surface area contributed by atoms with Crippen molar-refractivity contribution in [2.75, 3.05) is 38.2 Å². The van der Waals surface area contributed by atoms with Crippen molar-refractivity contribution in [2.24, 2.45) is 0 Å². The summed E-state index contributed by atoms with van der Waals surface area (Å²) in [7, 11) is 1.70. The number of piperazine rings is 1. The summed E-state index contributed by atoms with van der Waals surface area (Å²) >= 11 is 0. The molecule has 5 heteroatoms. The van der Waals surface area contributed by atoms with Gasteiger partial charge in [0.15, 0.2) is 0 Å². The first kappa shape index (κ1) is 16.7. The number of hydrogen-bond acceptors (Lipinski definition) is 5. The minimum Gasteiger partial charge on any atom is -0.497 e. The summed E-state index contributed by atoms with van der Waals surface area (Å²) in [6, 6.07) is 17.6. The van der Waals surface area contributed by atoms with Gasteiger partial charge in [0.05, 0.1) is 7.11 Å². The fourth-order valence-electron chi connectivity index (χ4n) is 3.45. The van der Waals surface area contributed by atoms with Gasteiger partial charge in [-0.05, 0) is 35.9 Å². The van der Waals surface area contributed by atoms with Gasteiger partial charge in [-0.15, -0.1) is 0 Å². The van der Waals surface area contributed by atoms with Crippen LogP contribution in [0, 0.1) is 0 Å². The number of anilines is 1. The average Bonchev–Trinajstić information content (AvgIpc) is 2.69. The fourth-order valence-corrected chi connectivity index (χ4v) is 3.45. The molecule has 0 atom stereocenters. The van der Waals surface area contributed by atoms with Crippen molar-refractivity contribution in [1.82, 2.24) is 4.90 Å². The van der Waals surface area contributed by atoms with Crippen LogP contribution < -0.4 is 15.3 Å². The molecule has 1 aliphatic heterocycles. The number of hydrogen-bond donors (Lipinski definition) is 0. The molecule has 1 saturated heterocycles. The smallest absolute Gasteiger partial charge is 0.336 e. The van der Waals surface area contributed by atoms with E-state index in [1.165, 1.54) is 17.3 Å². The van der Waals surface area contributed by atoms with Gasteiger partial charge >= 0.3 is 5.63 Å². The Kier molecular flexibility index (Phi) is 4.63. The minimum atomic E-state index is -0.307. The van der Waals surface area contributed by atoms with Crippen LogP contribution in [0.4, 0.5) is 5.69 Å². The number of methoxy groups -OCH3 is 1. The van der Waals surface area contributed by atoms with E-state index in [1.807, 2.05) is 30.3 Å². The van der Waals surface area contributed by atoms with E-state index >= 15 is 0 Å². The lowest BCUT2D eigenvalue weighted by molar-refractivity contribution is 0.250. The second-order valence-corrected chi connectivity index (χ2v) is 6.59. The van der Waals surface area contributed by atoms with Crippen molar-refractivity contribution in [3.63, 3.8) is 0 Å². The van der Waals surface area contributed by atoms with Crippen LogP contribution in [-0.2, 0) is 6.54 Å². The number of nitrogens with zero attached hydrogens (tertiary/aromatic N) is 2. The van der Waals surface area contributed by atoms with E-state index in [0.717, 1.165) is 43.9 Å². The standard InChI is InChI=1S/C21H22N2O3/c1-25-19-4-2-3-18(14-19)23-11-9-22(10-12-23)15-16-5-7-20-17(13-16)6-8-21(24)26-20/h2-8,13-14H,9-12,15H2,1H3. The monoisotopic (exact) mass is 350 g/mol. The lowest BCUT2D eigenvalue weighted by Crippen LogP contribution is -2.45. The average molecular weight is 350 g/mol. The minimum absolute atomic E-state index is 0.307. The van der Waals surface area contributed by atoms with Gasteiger partial charge in [-0.3, -0.25) is 4.90 Å². The second-order valence-electron chi connectivity index (χ2n) is 6.59. The molecule has 26 heavy (non-hydrogen) atoms. The van der Waals surface area contributed by atoms with Gasteiger partial charge in [-0.1, -0.05) is 12.1 Å². The summed E-state index contributed by atoms with van der Waals surface area (Å²) in [5.41, 5.74) is 2.79. The van der Waals surface area contributed by atoms with E-state index in [-0.39, 0.29) is 5.63 Å². The molecule has 0 bridgehead atoms. The highest BCUT2D eigenvalue weighted by atomic mass is 16.5. The van der Waals surface area contributed by atoms with Crippen LogP contribution in [0.25, 0.3) is 11.0 Å². The molecule has 0 radical (unpaired) electrons. The van der Waals surface area contributed by atoms with E-state index in [9.17, 15) is 4.79 Å². The van der Waals surface area contributed by atoms with E-state index < -0.39 is 0 Å². The molecule has 0 unspecified atom stereocenters. The summed E-state index contributed by atoms with van der Waals surface area (Å²) in [5, 5.41) is 0.970. The zero-order chi connectivity index (χ0) is 17.9. The highest BCUT2D eigenvalue weighted by molar-refractivity contribution is 5.76. The first-order valence-electron chi connectivity index (χ1n) is 8.85. The summed E-state index contributed by atoms with van der Waals surface area (Å²) in [5.74, 6) is 0.896. The van der Waals surface area contributed by atoms with Gasteiger partial charge in [0.2, 0.25) is 0 Å².